The van der Waals surface area contributed by atoms with Crippen LogP contribution in [0.15, 0.2) is 0 Å². The van der Waals surface area contributed by atoms with E-state index in [1.807, 2.05) is 6.92 Å². The van der Waals surface area contributed by atoms with Crippen molar-refractivity contribution in [2.75, 3.05) is 19.6 Å². The number of rotatable bonds is 6. The Morgan fingerprint density at radius 3 is 2.75 bits per heavy atom. The summed E-state index contributed by atoms with van der Waals surface area (Å²) in [6.45, 7) is 3.72. The van der Waals surface area contributed by atoms with Crippen LogP contribution in [0.5, 0.6) is 0 Å². The Labute approximate surface area is 98.6 Å². The van der Waals surface area contributed by atoms with Gasteiger partial charge in [0.2, 0.25) is 0 Å². The molecule has 1 heterocycles. The normalized spacial score (nSPS) is 23.5. The van der Waals surface area contributed by atoms with Gasteiger partial charge in [0.05, 0.1) is 0 Å². The number of nitrogens with one attached hydrogen (secondary N) is 1. The lowest BCUT2D eigenvalue weighted by Gasteiger charge is -2.32. The molecule has 16 heavy (non-hydrogen) atoms. The second kappa shape index (κ2) is 6.54. The number of nitrogens with two attached hydrogens (primary N) is 1. The van der Waals surface area contributed by atoms with E-state index in [2.05, 4.69) is 4.72 Å². The Hall–Kier alpha value is -0.170. The SMILES string of the molecule is CC1CCCCN1S(=O)(=O)NCCCCN. The van der Waals surface area contributed by atoms with Gasteiger partial charge < -0.3 is 5.73 Å². The van der Waals surface area contributed by atoms with Crippen molar-refractivity contribution < 1.29 is 8.42 Å². The van der Waals surface area contributed by atoms with Gasteiger partial charge in [-0.05, 0) is 39.2 Å². The molecule has 1 saturated heterocycles. The molecule has 0 aromatic carbocycles. The molecule has 0 aromatic rings. The molecule has 1 fully saturated rings. The van der Waals surface area contributed by atoms with Crippen molar-refractivity contribution in [3.8, 4) is 0 Å². The molecule has 0 aliphatic carbocycles. The van der Waals surface area contributed by atoms with Crippen molar-refractivity contribution in [1.29, 1.82) is 0 Å². The van der Waals surface area contributed by atoms with Gasteiger partial charge in [0.15, 0.2) is 0 Å². The molecule has 96 valence electrons. The van der Waals surface area contributed by atoms with Crippen LogP contribution in [0.3, 0.4) is 0 Å². The highest BCUT2D eigenvalue weighted by molar-refractivity contribution is 7.87. The first-order valence-electron chi connectivity index (χ1n) is 6.04. The maximum absolute atomic E-state index is 11.9. The maximum Gasteiger partial charge on any atom is 0.279 e. The smallest absolute Gasteiger partial charge is 0.279 e. The first-order chi connectivity index (χ1) is 7.58. The fourth-order valence-electron chi connectivity index (χ4n) is 1.98. The van der Waals surface area contributed by atoms with Gasteiger partial charge >= 0.3 is 0 Å². The number of hydrogen-bond acceptors (Lipinski definition) is 3. The molecule has 1 aliphatic rings. The van der Waals surface area contributed by atoms with Crippen LogP contribution in [0.2, 0.25) is 0 Å². The highest BCUT2D eigenvalue weighted by atomic mass is 32.2. The van der Waals surface area contributed by atoms with Gasteiger partial charge in [0.1, 0.15) is 0 Å². The van der Waals surface area contributed by atoms with Crippen molar-refractivity contribution in [2.45, 2.75) is 45.1 Å². The highest BCUT2D eigenvalue weighted by Gasteiger charge is 2.28. The highest BCUT2D eigenvalue weighted by Crippen LogP contribution is 2.18. The lowest BCUT2D eigenvalue weighted by atomic mass is 10.1. The Morgan fingerprint density at radius 2 is 2.12 bits per heavy atom. The zero-order valence-electron chi connectivity index (χ0n) is 9.98. The topological polar surface area (TPSA) is 75.4 Å². The molecule has 0 aromatic heterocycles. The molecule has 1 unspecified atom stereocenters. The Bertz CT molecular complexity index is 292. The van der Waals surface area contributed by atoms with Crippen LogP contribution in [0, 0.1) is 0 Å². The molecule has 0 saturated carbocycles. The molecule has 0 radical (unpaired) electrons. The molecule has 0 bridgehead atoms. The number of nitrogens with zero attached hydrogens (tertiary/aromatic N) is 1. The van der Waals surface area contributed by atoms with E-state index in [9.17, 15) is 8.42 Å². The van der Waals surface area contributed by atoms with Gasteiger partial charge in [-0.3, -0.25) is 0 Å². The molecule has 1 atom stereocenters. The predicted octanol–water partition coefficient (Wildman–Crippen LogP) is 0.434. The van der Waals surface area contributed by atoms with E-state index in [-0.39, 0.29) is 6.04 Å². The Balaban J connectivity index is 2.42. The standard InChI is InChI=1S/C10H23N3O2S/c1-10-6-2-5-9-13(10)16(14,15)12-8-4-3-7-11/h10,12H,2-9,11H2,1H3. The maximum atomic E-state index is 11.9. The average Bonchev–Trinajstić information content (AvgIpc) is 2.25. The summed E-state index contributed by atoms with van der Waals surface area (Å²) in [7, 11) is -3.27. The van der Waals surface area contributed by atoms with Gasteiger partial charge in [-0.25, -0.2) is 4.72 Å². The molecule has 1 aliphatic heterocycles. The summed E-state index contributed by atoms with van der Waals surface area (Å²) in [5.74, 6) is 0. The summed E-state index contributed by atoms with van der Waals surface area (Å²) in [6, 6.07) is 0.126. The summed E-state index contributed by atoms with van der Waals surface area (Å²) in [4.78, 5) is 0. The molecular formula is C10H23N3O2S. The third-order valence-corrected chi connectivity index (χ3v) is 4.69. The number of piperidine rings is 1. The zero-order chi connectivity index (χ0) is 12.0. The quantitative estimate of drug-likeness (QED) is 0.670. The minimum absolute atomic E-state index is 0.126. The first-order valence-corrected chi connectivity index (χ1v) is 7.48. The van der Waals surface area contributed by atoms with Crippen molar-refractivity contribution in [2.24, 2.45) is 5.73 Å². The monoisotopic (exact) mass is 249 g/mol. The molecule has 0 spiro atoms. The van der Waals surface area contributed by atoms with Crippen molar-refractivity contribution in [3.05, 3.63) is 0 Å². The van der Waals surface area contributed by atoms with E-state index in [4.69, 9.17) is 5.73 Å². The molecule has 3 N–H and O–H groups in total. The number of hydrogen-bond donors (Lipinski definition) is 2. The van der Waals surface area contributed by atoms with E-state index in [1.54, 1.807) is 4.31 Å². The van der Waals surface area contributed by atoms with Crippen molar-refractivity contribution in [1.82, 2.24) is 9.03 Å². The van der Waals surface area contributed by atoms with E-state index in [0.717, 1.165) is 32.1 Å². The average molecular weight is 249 g/mol. The fraction of sp³-hybridized carbons (Fsp3) is 1.00. The van der Waals surface area contributed by atoms with Crippen LogP contribution >= 0.6 is 0 Å². The van der Waals surface area contributed by atoms with Gasteiger partial charge in [0, 0.05) is 19.1 Å². The third-order valence-electron chi connectivity index (χ3n) is 2.97. The van der Waals surface area contributed by atoms with E-state index >= 15 is 0 Å². The molecular weight excluding hydrogens is 226 g/mol. The Morgan fingerprint density at radius 1 is 1.38 bits per heavy atom. The van der Waals surface area contributed by atoms with Crippen LogP contribution in [0.4, 0.5) is 0 Å². The van der Waals surface area contributed by atoms with Gasteiger partial charge in [-0.2, -0.15) is 12.7 Å². The summed E-state index contributed by atoms with van der Waals surface area (Å²) < 4.78 is 28.1. The Kier molecular flexibility index (Phi) is 5.68. The van der Waals surface area contributed by atoms with Crippen molar-refractivity contribution in [3.63, 3.8) is 0 Å². The van der Waals surface area contributed by atoms with Gasteiger partial charge in [-0.1, -0.05) is 6.42 Å². The van der Waals surface area contributed by atoms with Crippen molar-refractivity contribution >= 4 is 10.2 Å². The predicted molar refractivity (Wildman–Crippen MR) is 65.2 cm³/mol. The summed E-state index contributed by atoms with van der Waals surface area (Å²) >= 11 is 0. The van der Waals surface area contributed by atoms with Crippen LogP contribution in [-0.4, -0.2) is 38.4 Å². The van der Waals surface area contributed by atoms with Crippen LogP contribution < -0.4 is 10.5 Å². The summed E-state index contributed by atoms with van der Waals surface area (Å²) in [5, 5.41) is 0. The van der Waals surface area contributed by atoms with E-state index in [0.29, 0.717) is 19.6 Å². The van der Waals surface area contributed by atoms with E-state index < -0.39 is 10.2 Å². The van der Waals surface area contributed by atoms with Gasteiger partial charge in [0.25, 0.3) is 10.2 Å². The zero-order valence-corrected chi connectivity index (χ0v) is 10.8. The second-order valence-electron chi connectivity index (χ2n) is 4.35. The summed E-state index contributed by atoms with van der Waals surface area (Å²) in [5.41, 5.74) is 5.36. The minimum atomic E-state index is -3.27. The lowest BCUT2D eigenvalue weighted by Crippen LogP contribution is -2.48. The third kappa shape index (κ3) is 4.01. The van der Waals surface area contributed by atoms with Crippen LogP contribution in [0.1, 0.15) is 39.0 Å². The molecule has 0 amide bonds. The van der Waals surface area contributed by atoms with E-state index in [1.165, 1.54) is 0 Å². The molecule has 5 nitrogen and oxygen atoms in total. The number of unbranched alkanes of at least 4 members (excludes halogenated alkanes) is 1. The molecule has 1 rings (SSSR count). The minimum Gasteiger partial charge on any atom is -0.330 e. The van der Waals surface area contributed by atoms with Crippen LogP contribution in [-0.2, 0) is 10.2 Å². The molecule has 6 heteroatoms. The lowest BCUT2D eigenvalue weighted by molar-refractivity contribution is 0.265. The first kappa shape index (κ1) is 13.9. The van der Waals surface area contributed by atoms with Crippen LogP contribution in [0.25, 0.3) is 0 Å². The summed E-state index contributed by atoms with van der Waals surface area (Å²) in [6.07, 6.45) is 4.72. The largest absolute Gasteiger partial charge is 0.330 e. The van der Waals surface area contributed by atoms with Gasteiger partial charge in [-0.15, -0.1) is 0 Å². The second-order valence-corrected chi connectivity index (χ2v) is 6.06. The fourth-order valence-corrected chi connectivity index (χ4v) is 3.50.